The van der Waals surface area contributed by atoms with Gasteiger partial charge in [0.15, 0.2) is 10.6 Å². The second kappa shape index (κ2) is 7.03. The molecule has 0 atom stereocenters. The summed E-state index contributed by atoms with van der Waals surface area (Å²) >= 11 is 11.1. The largest absolute Gasteiger partial charge is 0.356 e. The highest BCUT2D eigenvalue weighted by molar-refractivity contribution is 6.54. The van der Waals surface area contributed by atoms with Gasteiger partial charge in [0.05, 0.1) is 5.69 Å². The molecule has 24 heavy (non-hydrogen) atoms. The van der Waals surface area contributed by atoms with Crippen molar-refractivity contribution < 1.29 is 9.32 Å². The fourth-order valence-corrected chi connectivity index (χ4v) is 2.33. The van der Waals surface area contributed by atoms with Crippen LogP contribution in [0, 0.1) is 6.92 Å². The van der Waals surface area contributed by atoms with Crippen molar-refractivity contribution in [2.45, 2.75) is 11.8 Å². The minimum atomic E-state index is -1.13. The summed E-state index contributed by atoms with van der Waals surface area (Å²) in [5, 5.41) is 6.70. The summed E-state index contributed by atoms with van der Waals surface area (Å²) in [4.78, 5) is 14.8. The number of aryl methyl sites for hydroxylation is 1. The highest BCUT2D eigenvalue weighted by atomic mass is 35.5. The summed E-state index contributed by atoms with van der Waals surface area (Å²) in [7, 11) is 0. The van der Waals surface area contributed by atoms with Crippen LogP contribution in [0.25, 0.3) is 22.7 Å². The first-order chi connectivity index (χ1) is 11.5. The third-order valence-corrected chi connectivity index (χ3v) is 3.77. The zero-order valence-electron chi connectivity index (χ0n) is 12.7. The molecule has 2 heterocycles. The van der Waals surface area contributed by atoms with Gasteiger partial charge in [-0.25, -0.2) is 0 Å². The Morgan fingerprint density at radius 1 is 1.21 bits per heavy atom. The first-order valence-electron chi connectivity index (χ1n) is 7.13. The van der Waals surface area contributed by atoms with Crippen molar-refractivity contribution in [3.63, 3.8) is 0 Å². The van der Waals surface area contributed by atoms with E-state index in [-0.39, 0.29) is 0 Å². The van der Waals surface area contributed by atoms with Crippen molar-refractivity contribution in [3.8, 4) is 22.7 Å². The monoisotopic (exact) mass is 361 g/mol. The number of carbonyl (C=O) groups excluding carboxylic acids is 1. The summed E-state index contributed by atoms with van der Waals surface area (Å²) in [6.45, 7) is 1.96. The minimum Gasteiger partial charge on any atom is -0.356 e. The lowest BCUT2D eigenvalue weighted by molar-refractivity contribution is -0.114. The quantitative estimate of drug-likeness (QED) is 0.696. The molecule has 0 aliphatic heterocycles. The molecule has 7 heteroatoms. The number of amides is 1. The summed E-state index contributed by atoms with van der Waals surface area (Å²) < 4.78 is 5.41. The average molecular weight is 362 g/mol. The summed E-state index contributed by atoms with van der Waals surface area (Å²) in [5.41, 5.74) is 3.76. The molecule has 3 rings (SSSR count). The molecule has 0 unspecified atom stereocenters. The van der Waals surface area contributed by atoms with Gasteiger partial charge in [0.2, 0.25) is 0 Å². The van der Waals surface area contributed by atoms with E-state index in [2.05, 4.69) is 15.5 Å². The van der Waals surface area contributed by atoms with Crippen LogP contribution in [0.15, 0.2) is 53.2 Å². The lowest BCUT2D eigenvalue weighted by atomic mass is 10.1. The molecule has 0 saturated carbocycles. The number of pyridine rings is 1. The number of aromatic nitrogens is 2. The fourth-order valence-electron chi connectivity index (χ4n) is 2.22. The van der Waals surface area contributed by atoms with Crippen molar-refractivity contribution in [3.05, 3.63) is 54.2 Å². The second-order valence-electron chi connectivity index (χ2n) is 5.12. The minimum absolute atomic E-state index is 0.488. The van der Waals surface area contributed by atoms with Crippen LogP contribution in [0.4, 0.5) is 5.69 Å². The fraction of sp³-hybridized carbons (Fsp3) is 0.118. The Kier molecular flexibility index (Phi) is 4.83. The molecule has 1 amide bonds. The topological polar surface area (TPSA) is 68.0 Å². The van der Waals surface area contributed by atoms with E-state index in [1.165, 1.54) is 0 Å². The van der Waals surface area contributed by atoms with Gasteiger partial charge in [-0.15, -0.1) is 0 Å². The smallest absolute Gasteiger partial charge is 0.257 e. The average Bonchev–Trinajstić information content (AvgIpc) is 3.05. The van der Waals surface area contributed by atoms with Crippen LogP contribution in [0.3, 0.4) is 0 Å². The van der Waals surface area contributed by atoms with Gasteiger partial charge in [-0.3, -0.25) is 9.78 Å². The summed E-state index contributed by atoms with van der Waals surface area (Å²) in [5.74, 6) is 0.0808. The number of nitrogens with zero attached hydrogens (tertiary/aromatic N) is 2. The molecular formula is C17H13Cl2N3O2. The molecule has 1 N–H and O–H groups in total. The van der Waals surface area contributed by atoms with Gasteiger partial charge in [-0.05, 0) is 30.7 Å². The van der Waals surface area contributed by atoms with Crippen molar-refractivity contribution >= 4 is 34.8 Å². The van der Waals surface area contributed by atoms with E-state index in [9.17, 15) is 4.79 Å². The highest BCUT2D eigenvalue weighted by Crippen LogP contribution is 2.28. The van der Waals surface area contributed by atoms with Crippen molar-refractivity contribution in [1.29, 1.82) is 0 Å². The number of halogens is 2. The predicted molar refractivity (Wildman–Crippen MR) is 94.0 cm³/mol. The van der Waals surface area contributed by atoms with Gasteiger partial charge < -0.3 is 9.84 Å². The Balaban J connectivity index is 1.88. The maximum Gasteiger partial charge on any atom is 0.257 e. The van der Waals surface area contributed by atoms with E-state index in [0.717, 1.165) is 16.8 Å². The van der Waals surface area contributed by atoms with Crippen LogP contribution in [0.5, 0.6) is 0 Å². The summed E-state index contributed by atoms with van der Waals surface area (Å²) in [6.07, 6.45) is 1.71. The van der Waals surface area contributed by atoms with E-state index in [1.807, 2.05) is 31.2 Å². The van der Waals surface area contributed by atoms with Gasteiger partial charge in [0.25, 0.3) is 5.91 Å². The Hall–Kier alpha value is -2.37. The Morgan fingerprint density at radius 2 is 2.04 bits per heavy atom. The van der Waals surface area contributed by atoms with E-state index < -0.39 is 10.7 Å². The molecule has 1 aromatic carbocycles. The molecular weight excluding hydrogens is 349 g/mol. The first-order valence-corrected chi connectivity index (χ1v) is 8.00. The maximum atomic E-state index is 11.6. The number of hydrogen-bond donors (Lipinski definition) is 1. The van der Waals surface area contributed by atoms with Crippen LogP contribution >= 0.6 is 23.2 Å². The first kappa shape index (κ1) is 16.5. The molecule has 0 aliphatic carbocycles. The Labute approximate surface area is 148 Å². The highest BCUT2D eigenvalue weighted by Gasteiger charge is 2.14. The van der Waals surface area contributed by atoms with Gasteiger partial charge in [-0.2, -0.15) is 0 Å². The Bertz CT molecular complexity index is 878. The Morgan fingerprint density at radius 3 is 2.79 bits per heavy atom. The number of alkyl halides is 2. The lowest BCUT2D eigenvalue weighted by Gasteiger charge is -2.06. The predicted octanol–water partition coefficient (Wildman–Crippen LogP) is 4.45. The molecule has 0 fully saturated rings. The van der Waals surface area contributed by atoms with Gasteiger partial charge in [0.1, 0.15) is 5.69 Å². The molecule has 122 valence electrons. The van der Waals surface area contributed by atoms with Crippen LogP contribution in [-0.4, -0.2) is 20.9 Å². The molecule has 2 aromatic heterocycles. The SMILES string of the molecule is Cc1cccnc1-c1cc(-c2cccc(NC(=O)C(Cl)Cl)c2)on1. The molecule has 0 radical (unpaired) electrons. The molecule has 0 spiro atoms. The number of benzene rings is 1. The molecule has 5 nitrogen and oxygen atoms in total. The zero-order chi connectivity index (χ0) is 17.1. The standard InChI is InChI=1S/C17H13Cl2N3O2/c1-10-4-3-7-20-15(10)13-9-14(24-22-13)11-5-2-6-12(8-11)21-17(23)16(18)19/h2-9,16H,1H3,(H,21,23). The van der Waals surface area contributed by atoms with Crippen LogP contribution in [0.1, 0.15) is 5.56 Å². The van der Waals surface area contributed by atoms with E-state index in [4.69, 9.17) is 27.7 Å². The van der Waals surface area contributed by atoms with Gasteiger partial charge in [0, 0.05) is 23.5 Å². The summed E-state index contributed by atoms with van der Waals surface area (Å²) in [6, 6.07) is 12.8. The van der Waals surface area contributed by atoms with Crippen LogP contribution in [0.2, 0.25) is 0 Å². The zero-order valence-corrected chi connectivity index (χ0v) is 14.2. The number of nitrogens with one attached hydrogen (secondary N) is 1. The maximum absolute atomic E-state index is 11.6. The molecule has 0 aliphatic rings. The van der Waals surface area contributed by atoms with Crippen LogP contribution < -0.4 is 5.32 Å². The van der Waals surface area contributed by atoms with E-state index in [0.29, 0.717) is 17.1 Å². The molecule has 0 saturated heterocycles. The van der Waals surface area contributed by atoms with Gasteiger partial charge in [-0.1, -0.05) is 46.6 Å². The van der Waals surface area contributed by atoms with Gasteiger partial charge >= 0.3 is 0 Å². The third kappa shape index (κ3) is 3.58. The number of carbonyl (C=O) groups is 1. The third-order valence-electron chi connectivity index (χ3n) is 3.38. The molecule has 0 bridgehead atoms. The lowest BCUT2D eigenvalue weighted by Crippen LogP contribution is -2.18. The second-order valence-corrected chi connectivity index (χ2v) is 6.21. The number of rotatable bonds is 4. The molecule has 3 aromatic rings. The van der Waals surface area contributed by atoms with Crippen LogP contribution in [-0.2, 0) is 4.79 Å². The number of hydrogen-bond acceptors (Lipinski definition) is 4. The van der Waals surface area contributed by atoms with E-state index in [1.54, 1.807) is 24.4 Å². The van der Waals surface area contributed by atoms with Crippen molar-refractivity contribution in [1.82, 2.24) is 10.1 Å². The number of anilines is 1. The van der Waals surface area contributed by atoms with Crippen molar-refractivity contribution in [2.24, 2.45) is 0 Å². The van der Waals surface area contributed by atoms with E-state index >= 15 is 0 Å². The van der Waals surface area contributed by atoms with Crippen molar-refractivity contribution in [2.75, 3.05) is 5.32 Å². The normalized spacial score (nSPS) is 10.8.